The van der Waals surface area contributed by atoms with Crippen molar-refractivity contribution in [2.75, 3.05) is 33.9 Å². The Hall–Kier alpha value is -0.980. The fraction of sp³-hybridized carbons (Fsp3) is 0.636. The Morgan fingerprint density at radius 2 is 2.29 bits per heavy atom. The van der Waals surface area contributed by atoms with Crippen molar-refractivity contribution in [2.45, 2.75) is 13.0 Å². The normalized spacial score (nSPS) is 10.8. The third kappa shape index (κ3) is 5.76. The molecule has 0 radical (unpaired) electrons. The van der Waals surface area contributed by atoms with Gasteiger partial charge in [-0.05, 0) is 0 Å². The number of carbonyl (C=O) groups excluding carboxylic acids is 1. The van der Waals surface area contributed by atoms with Gasteiger partial charge in [-0.3, -0.25) is 9.69 Å². The number of hydrogen-bond acceptors (Lipinski definition) is 6. The highest BCUT2D eigenvalue weighted by atomic mass is 32.1. The Bertz CT molecular complexity index is 317. The zero-order valence-electron chi connectivity index (χ0n) is 10.2. The number of thiazole rings is 1. The van der Waals surface area contributed by atoms with Crippen LogP contribution in [0.2, 0.25) is 0 Å². The van der Waals surface area contributed by atoms with Gasteiger partial charge < -0.3 is 9.47 Å². The van der Waals surface area contributed by atoms with E-state index in [1.807, 2.05) is 10.9 Å². The highest BCUT2D eigenvalue weighted by molar-refractivity contribution is 7.07. The van der Waals surface area contributed by atoms with Crippen molar-refractivity contribution >= 4 is 17.3 Å². The summed E-state index contributed by atoms with van der Waals surface area (Å²) in [5, 5.41) is 2.01. The van der Waals surface area contributed by atoms with Gasteiger partial charge in [-0.25, -0.2) is 4.98 Å². The minimum atomic E-state index is -0.189. The smallest absolute Gasteiger partial charge is 0.306 e. The molecule has 0 spiro atoms. The van der Waals surface area contributed by atoms with Gasteiger partial charge >= 0.3 is 5.97 Å². The summed E-state index contributed by atoms with van der Waals surface area (Å²) in [6.45, 7) is 2.83. The van der Waals surface area contributed by atoms with E-state index in [-0.39, 0.29) is 5.97 Å². The summed E-state index contributed by atoms with van der Waals surface area (Å²) in [4.78, 5) is 17.5. The average molecular weight is 258 g/mol. The van der Waals surface area contributed by atoms with Gasteiger partial charge in [0.25, 0.3) is 0 Å². The van der Waals surface area contributed by atoms with E-state index in [9.17, 15) is 4.79 Å². The minimum Gasteiger partial charge on any atom is -0.469 e. The SMILES string of the molecule is COCCN(CCC(=O)OC)Cc1cscn1. The van der Waals surface area contributed by atoms with Crippen molar-refractivity contribution in [3.05, 3.63) is 16.6 Å². The predicted molar refractivity (Wildman–Crippen MR) is 65.9 cm³/mol. The highest BCUT2D eigenvalue weighted by Crippen LogP contribution is 2.06. The van der Waals surface area contributed by atoms with Crippen molar-refractivity contribution in [2.24, 2.45) is 0 Å². The Labute approximate surface area is 105 Å². The molecule has 1 aromatic rings. The first-order valence-electron chi connectivity index (χ1n) is 5.41. The van der Waals surface area contributed by atoms with Gasteiger partial charge in [-0.2, -0.15) is 0 Å². The summed E-state index contributed by atoms with van der Waals surface area (Å²) < 4.78 is 9.68. The Balaban J connectivity index is 2.39. The lowest BCUT2D eigenvalue weighted by molar-refractivity contribution is -0.141. The molecule has 1 aromatic heterocycles. The lowest BCUT2D eigenvalue weighted by Gasteiger charge is -2.20. The second kappa shape index (κ2) is 8.16. The zero-order chi connectivity index (χ0) is 12.5. The average Bonchev–Trinajstić information content (AvgIpc) is 2.84. The molecule has 0 aliphatic rings. The molecule has 0 atom stereocenters. The molecule has 6 heteroatoms. The van der Waals surface area contributed by atoms with Crippen LogP contribution >= 0.6 is 11.3 Å². The summed E-state index contributed by atoms with van der Waals surface area (Å²) >= 11 is 1.57. The number of hydrogen-bond donors (Lipinski definition) is 0. The number of rotatable bonds is 8. The van der Waals surface area contributed by atoms with Gasteiger partial charge in [0.1, 0.15) is 0 Å². The van der Waals surface area contributed by atoms with Crippen LogP contribution in [0, 0.1) is 0 Å². The molecule has 17 heavy (non-hydrogen) atoms. The van der Waals surface area contributed by atoms with Gasteiger partial charge in [0.05, 0.1) is 31.3 Å². The van der Waals surface area contributed by atoms with Crippen LogP contribution in [0.3, 0.4) is 0 Å². The van der Waals surface area contributed by atoms with Gasteiger partial charge in [-0.1, -0.05) is 0 Å². The van der Waals surface area contributed by atoms with Crippen LogP contribution in [-0.2, 0) is 20.8 Å². The van der Waals surface area contributed by atoms with Crippen molar-refractivity contribution in [1.82, 2.24) is 9.88 Å². The van der Waals surface area contributed by atoms with Gasteiger partial charge in [0.2, 0.25) is 0 Å². The monoisotopic (exact) mass is 258 g/mol. The fourth-order valence-corrected chi connectivity index (χ4v) is 1.94. The van der Waals surface area contributed by atoms with Gasteiger partial charge in [-0.15, -0.1) is 11.3 Å². The molecule has 5 nitrogen and oxygen atoms in total. The van der Waals surface area contributed by atoms with Crippen LogP contribution in [-0.4, -0.2) is 49.8 Å². The number of methoxy groups -OCH3 is 2. The molecule has 96 valence electrons. The van der Waals surface area contributed by atoms with E-state index < -0.39 is 0 Å². The molecule has 0 bridgehead atoms. The second-order valence-corrected chi connectivity index (χ2v) is 4.29. The Morgan fingerprint density at radius 1 is 1.47 bits per heavy atom. The predicted octanol–water partition coefficient (Wildman–Crippen LogP) is 1.15. The largest absolute Gasteiger partial charge is 0.469 e. The molecule has 0 N–H and O–H groups in total. The molecule has 0 amide bonds. The van der Waals surface area contributed by atoms with Crippen LogP contribution in [0.5, 0.6) is 0 Å². The van der Waals surface area contributed by atoms with E-state index in [1.54, 1.807) is 18.4 Å². The molecule has 0 unspecified atom stereocenters. The number of ether oxygens (including phenoxy) is 2. The first-order valence-corrected chi connectivity index (χ1v) is 6.35. The number of nitrogens with zero attached hydrogens (tertiary/aromatic N) is 2. The minimum absolute atomic E-state index is 0.189. The van der Waals surface area contributed by atoms with E-state index in [1.165, 1.54) is 7.11 Å². The lowest BCUT2D eigenvalue weighted by atomic mass is 10.3. The van der Waals surface area contributed by atoms with Crippen LogP contribution in [0.4, 0.5) is 0 Å². The standard InChI is InChI=1S/C11H18N2O3S/c1-15-6-5-13(4-3-11(14)16-2)7-10-8-17-9-12-10/h8-9H,3-7H2,1-2H3. The first kappa shape index (κ1) is 14.1. The van der Waals surface area contributed by atoms with Gasteiger partial charge in [0, 0.05) is 32.1 Å². The highest BCUT2D eigenvalue weighted by Gasteiger charge is 2.10. The number of aromatic nitrogens is 1. The summed E-state index contributed by atoms with van der Waals surface area (Å²) in [5.74, 6) is -0.189. The van der Waals surface area contributed by atoms with Crippen LogP contribution in [0.15, 0.2) is 10.9 Å². The quantitative estimate of drug-likeness (QED) is 0.655. The molecule has 0 fully saturated rings. The van der Waals surface area contributed by atoms with Crippen LogP contribution < -0.4 is 0 Å². The lowest BCUT2D eigenvalue weighted by Crippen LogP contribution is -2.29. The molecule has 1 rings (SSSR count). The van der Waals surface area contributed by atoms with E-state index in [0.717, 1.165) is 18.8 Å². The molecule has 0 saturated heterocycles. The Morgan fingerprint density at radius 3 is 2.88 bits per heavy atom. The molecular weight excluding hydrogens is 240 g/mol. The topological polar surface area (TPSA) is 51.7 Å². The van der Waals surface area contributed by atoms with Crippen molar-refractivity contribution in [3.63, 3.8) is 0 Å². The van der Waals surface area contributed by atoms with Crippen LogP contribution in [0.25, 0.3) is 0 Å². The number of esters is 1. The third-order valence-corrected chi connectivity index (χ3v) is 2.98. The zero-order valence-corrected chi connectivity index (χ0v) is 11.0. The van der Waals surface area contributed by atoms with Crippen LogP contribution in [0.1, 0.15) is 12.1 Å². The van der Waals surface area contributed by atoms with E-state index in [0.29, 0.717) is 19.6 Å². The van der Waals surface area contributed by atoms with Gasteiger partial charge in [0.15, 0.2) is 0 Å². The van der Waals surface area contributed by atoms with E-state index in [2.05, 4.69) is 14.6 Å². The van der Waals surface area contributed by atoms with E-state index >= 15 is 0 Å². The summed E-state index contributed by atoms with van der Waals surface area (Å²) in [6.07, 6.45) is 0.393. The molecular formula is C11H18N2O3S. The summed E-state index contributed by atoms with van der Waals surface area (Å²) in [5.41, 5.74) is 2.83. The molecule has 0 aliphatic carbocycles. The third-order valence-electron chi connectivity index (χ3n) is 2.34. The maximum atomic E-state index is 11.1. The summed E-state index contributed by atoms with van der Waals surface area (Å²) in [7, 11) is 3.07. The van der Waals surface area contributed by atoms with Crippen molar-refractivity contribution < 1.29 is 14.3 Å². The fourth-order valence-electron chi connectivity index (χ4n) is 1.39. The molecule has 1 heterocycles. The maximum Gasteiger partial charge on any atom is 0.306 e. The molecule has 0 aliphatic heterocycles. The summed E-state index contributed by atoms with van der Waals surface area (Å²) in [6, 6.07) is 0. The van der Waals surface area contributed by atoms with Crippen molar-refractivity contribution in [1.29, 1.82) is 0 Å². The van der Waals surface area contributed by atoms with E-state index in [4.69, 9.17) is 4.74 Å². The first-order chi connectivity index (χ1) is 8.26. The van der Waals surface area contributed by atoms with Crippen molar-refractivity contribution in [3.8, 4) is 0 Å². The molecule has 0 aromatic carbocycles. The molecule has 0 saturated carbocycles. The second-order valence-electron chi connectivity index (χ2n) is 3.57. The maximum absolute atomic E-state index is 11.1. The number of carbonyl (C=O) groups is 1. The Kier molecular flexibility index (Phi) is 6.76.